The molecule has 4 nitrogen and oxygen atoms in total. The van der Waals surface area contributed by atoms with Gasteiger partial charge in [-0.1, -0.05) is 19.3 Å². The Balaban J connectivity index is 1.84. The second-order valence-corrected chi connectivity index (χ2v) is 4.31. The summed E-state index contributed by atoms with van der Waals surface area (Å²) >= 11 is 0. The van der Waals surface area contributed by atoms with Crippen LogP contribution in [0.15, 0.2) is 18.3 Å². The summed E-state index contributed by atoms with van der Waals surface area (Å²) in [6, 6.07) is 3.23. The van der Waals surface area contributed by atoms with Crippen LogP contribution in [-0.2, 0) is 4.74 Å². The predicted octanol–water partition coefficient (Wildman–Crippen LogP) is 2.44. The van der Waals surface area contributed by atoms with Crippen LogP contribution in [0.4, 0.5) is 0 Å². The van der Waals surface area contributed by atoms with Crippen LogP contribution in [0.2, 0.25) is 0 Å². The van der Waals surface area contributed by atoms with Crippen molar-refractivity contribution >= 4 is 5.97 Å². The molecular formula is C13H17NO3. The van der Waals surface area contributed by atoms with Gasteiger partial charge in [-0.3, -0.25) is 0 Å². The highest BCUT2D eigenvalue weighted by Gasteiger charge is 2.17. The van der Waals surface area contributed by atoms with Gasteiger partial charge in [-0.15, -0.1) is 0 Å². The van der Waals surface area contributed by atoms with E-state index in [2.05, 4.69) is 9.72 Å². The Morgan fingerprint density at radius 2 is 2.35 bits per heavy atom. The molecule has 0 spiro atoms. The molecule has 92 valence electrons. The molecule has 0 bridgehead atoms. The lowest BCUT2D eigenvalue weighted by molar-refractivity contribution is 0.0600. The fourth-order valence-corrected chi connectivity index (χ4v) is 1.84. The molecule has 1 aromatic heterocycles. The third-order valence-electron chi connectivity index (χ3n) is 3.16. The topological polar surface area (TPSA) is 48.4 Å². The van der Waals surface area contributed by atoms with Crippen LogP contribution < -0.4 is 4.74 Å². The number of aromatic nitrogens is 1. The Bertz CT molecular complexity index is 388. The molecule has 0 aromatic carbocycles. The third kappa shape index (κ3) is 3.19. The van der Waals surface area contributed by atoms with E-state index in [9.17, 15) is 4.79 Å². The number of methoxy groups -OCH3 is 1. The summed E-state index contributed by atoms with van der Waals surface area (Å²) in [5.74, 6) is 0.947. The normalized spacial score (nSPS) is 15.1. The number of hydrogen-bond acceptors (Lipinski definition) is 4. The van der Waals surface area contributed by atoms with Crippen molar-refractivity contribution in [1.82, 2.24) is 4.98 Å². The molecule has 0 saturated heterocycles. The Labute approximate surface area is 101 Å². The largest absolute Gasteiger partial charge is 0.478 e. The van der Waals surface area contributed by atoms with Crippen molar-refractivity contribution in [2.24, 2.45) is 5.92 Å². The van der Waals surface area contributed by atoms with Crippen LogP contribution in [-0.4, -0.2) is 24.7 Å². The van der Waals surface area contributed by atoms with E-state index in [1.165, 1.54) is 26.4 Å². The first-order valence-electron chi connectivity index (χ1n) is 5.97. The summed E-state index contributed by atoms with van der Waals surface area (Å²) in [5.41, 5.74) is 0.473. The van der Waals surface area contributed by atoms with Crippen LogP contribution in [0.25, 0.3) is 0 Å². The molecule has 1 aromatic rings. The van der Waals surface area contributed by atoms with E-state index in [1.807, 2.05) is 0 Å². The molecule has 0 aliphatic heterocycles. The molecule has 4 heteroatoms. The summed E-state index contributed by atoms with van der Waals surface area (Å²) in [7, 11) is 1.36. The Kier molecular flexibility index (Phi) is 3.96. The molecular weight excluding hydrogens is 218 g/mol. The van der Waals surface area contributed by atoms with Crippen LogP contribution in [0.5, 0.6) is 5.88 Å². The molecule has 0 amide bonds. The smallest absolute Gasteiger partial charge is 0.338 e. The number of ether oxygens (including phenoxy) is 2. The molecule has 0 atom stereocenters. The standard InChI is InChI=1S/C13H17NO3/c1-16-13(15)11-5-7-14-12(9-11)17-8-6-10-3-2-4-10/h5,7,9-10H,2-4,6,8H2,1H3. The van der Waals surface area contributed by atoms with Gasteiger partial charge in [0.2, 0.25) is 5.88 Å². The maximum Gasteiger partial charge on any atom is 0.338 e. The van der Waals surface area contributed by atoms with E-state index in [-0.39, 0.29) is 5.97 Å². The molecule has 1 fully saturated rings. The zero-order chi connectivity index (χ0) is 12.1. The van der Waals surface area contributed by atoms with Gasteiger partial charge in [0.25, 0.3) is 0 Å². The quantitative estimate of drug-likeness (QED) is 0.735. The number of carbonyl (C=O) groups excluding carboxylic acids is 1. The fraction of sp³-hybridized carbons (Fsp3) is 0.538. The van der Waals surface area contributed by atoms with Crippen molar-refractivity contribution in [3.8, 4) is 5.88 Å². The van der Waals surface area contributed by atoms with E-state index in [4.69, 9.17) is 4.74 Å². The van der Waals surface area contributed by atoms with E-state index in [0.29, 0.717) is 18.1 Å². The Morgan fingerprint density at radius 1 is 1.53 bits per heavy atom. The summed E-state index contributed by atoms with van der Waals surface area (Å²) < 4.78 is 10.2. The average molecular weight is 235 g/mol. The minimum absolute atomic E-state index is 0.365. The van der Waals surface area contributed by atoms with Crippen molar-refractivity contribution < 1.29 is 14.3 Å². The number of esters is 1. The lowest BCUT2D eigenvalue weighted by Crippen LogP contribution is -2.14. The van der Waals surface area contributed by atoms with Gasteiger partial charge in [0.05, 0.1) is 19.3 Å². The van der Waals surface area contributed by atoms with E-state index in [0.717, 1.165) is 12.3 Å². The maximum absolute atomic E-state index is 11.3. The van der Waals surface area contributed by atoms with E-state index >= 15 is 0 Å². The SMILES string of the molecule is COC(=O)c1ccnc(OCCC2CCC2)c1. The zero-order valence-corrected chi connectivity index (χ0v) is 10.0. The van der Waals surface area contributed by atoms with Gasteiger partial charge < -0.3 is 9.47 Å². The number of rotatable bonds is 5. The lowest BCUT2D eigenvalue weighted by Gasteiger charge is -2.24. The van der Waals surface area contributed by atoms with Gasteiger partial charge in [0.15, 0.2) is 0 Å². The lowest BCUT2D eigenvalue weighted by atomic mass is 9.83. The van der Waals surface area contributed by atoms with Crippen molar-refractivity contribution in [2.75, 3.05) is 13.7 Å². The van der Waals surface area contributed by atoms with Gasteiger partial charge in [0.1, 0.15) is 0 Å². The Morgan fingerprint density at radius 3 is 3.00 bits per heavy atom. The first kappa shape index (κ1) is 11.9. The van der Waals surface area contributed by atoms with Crippen LogP contribution >= 0.6 is 0 Å². The number of pyridine rings is 1. The number of nitrogens with zero attached hydrogens (tertiary/aromatic N) is 1. The fourth-order valence-electron chi connectivity index (χ4n) is 1.84. The second-order valence-electron chi connectivity index (χ2n) is 4.31. The van der Waals surface area contributed by atoms with Crippen LogP contribution in [0.1, 0.15) is 36.0 Å². The highest BCUT2D eigenvalue weighted by molar-refractivity contribution is 5.89. The molecule has 0 unspecified atom stereocenters. The van der Waals surface area contributed by atoms with Gasteiger partial charge in [-0.25, -0.2) is 9.78 Å². The summed E-state index contributed by atoms with van der Waals surface area (Å²) in [6.07, 6.45) is 6.62. The maximum atomic E-state index is 11.3. The van der Waals surface area contributed by atoms with Crippen molar-refractivity contribution in [2.45, 2.75) is 25.7 Å². The number of carbonyl (C=O) groups is 1. The first-order valence-corrected chi connectivity index (χ1v) is 5.97. The monoisotopic (exact) mass is 235 g/mol. The Hall–Kier alpha value is -1.58. The van der Waals surface area contributed by atoms with Crippen molar-refractivity contribution in [1.29, 1.82) is 0 Å². The molecule has 1 heterocycles. The van der Waals surface area contributed by atoms with Crippen LogP contribution in [0.3, 0.4) is 0 Å². The molecule has 17 heavy (non-hydrogen) atoms. The van der Waals surface area contributed by atoms with Gasteiger partial charge in [0, 0.05) is 12.3 Å². The molecule has 1 saturated carbocycles. The summed E-state index contributed by atoms with van der Waals surface area (Å²) in [4.78, 5) is 15.4. The van der Waals surface area contributed by atoms with Gasteiger partial charge in [-0.2, -0.15) is 0 Å². The molecule has 0 N–H and O–H groups in total. The van der Waals surface area contributed by atoms with Gasteiger partial charge >= 0.3 is 5.97 Å². The highest BCUT2D eigenvalue weighted by Crippen LogP contribution is 2.29. The second kappa shape index (κ2) is 5.66. The minimum atomic E-state index is -0.365. The first-order chi connectivity index (χ1) is 8.29. The van der Waals surface area contributed by atoms with Crippen LogP contribution in [0, 0.1) is 5.92 Å². The zero-order valence-electron chi connectivity index (χ0n) is 10.0. The molecule has 1 aliphatic rings. The molecule has 2 rings (SSSR count). The highest BCUT2D eigenvalue weighted by atomic mass is 16.5. The van der Waals surface area contributed by atoms with Gasteiger partial charge in [-0.05, 0) is 18.4 Å². The number of hydrogen-bond donors (Lipinski definition) is 0. The summed E-state index contributed by atoms with van der Waals surface area (Å²) in [5, 5.41) is 0. The molecule has 1 aliphatic carbocycles. The molecule has 0 radical (unpaired) electrons. The summed E-state index contributed by atoms with van der Waals surface area (Å²) in [6.45, 7) is 0.669. The van der Waals surface area contributed by atoms with E-state index < -0.39 is 0 Å². The third-order valence-corrected chi connectivity index (χ3v) is 3.16. The predicted molar refractivity (Wildman–Crippen MR) is 63.0 cm³/mol. The van der Waals surface area contributed by atoms with Crippen molar-refractivity contribution in [3.05, 3.63) is 23.9 Å². The van der Waals surface area contributed by atoms with E-state index in [1.54, 1.807) is 18.3 Å². The minimum Gasteiger partial charge on any atom is -0.478 e. The van der Waals surface area contributed by atoms with Crippen molar-refractivity contribution in [3.63, 3.8) is 0 Å². The average Bonchev–Trinajstić information content (AvgIpc) is 2.32.